The van der Waals surface area contributed by atoms with Gasteiger partial charge in [-0.2, -0.15) is 0 Å². The van der Waals surface area contributed by atoms with E-state index in [0.29, 0.717) is 0 Å². The van der Waals surface area contributed by atoms with Crippen molar-refractivity contribution < 1.29 is 45.3 Å². The summed E-state index contributed by atoms with van der Waals surface area (Å²) in [5, 5.41) is 0. The van der Waals surface area contributed by atoms with Crippen LogP contribution >= 0.6 is 0 Å². The Morgan fingerprint density at radius 3 is 0.682 bits per heavy atom. The van der Waals surface area contributed by atoms with Crippen molar-refractivity contribution in [2.24, 2.45) is 0 Å². The van der Waals surface area contributed by atoms with Crippen molar-refractivity contribution in [3.05, 3.63) is 0 Å². The summed E-state index contributed by atoms with van der Waals surface area (Å²) < 4.78 is -3.51. The van der Waals surface area contributed by atoms with Gasteiger partial charge in [0.15, 0.2) is 0 Å². The zero-order valence-corrected chi connectivity index (χ0v) is 15.9. The van der Waals surface area contributed by atoms with Gasteiger partial charge in [-0.25, -0.2) is 0 Å². The monoisotopic (exact) mass is 490 g/mol. The van der Waals surface area contributed by atoms with Crippen LogP contribution in [0.3, 0.4) is 0 Å². The molecular weight excluding hydrogens is 468 g/mol. The van der Waals surface area contributed by atoms with Crippen molar-refractivity contribution in [2.45, 2.75) is 54.8 Å². The van der Waals surface area contributed by atoms with E-state index < -0.39 is 64.5 Å². The van der Waals surface area contributed by atoms with Gasteiger partial charge >= 0.3 is 135 Å². The fourth-order valence-electron chi connectivity index (χ4n) is 2.13. The second-order valence-electron chi connectivity index (χ2n) is 5.01. The van der Waals surface area contributed by atoms with Gasteiger partial charge < -0.3 is 0 Å². The van der Waals surface area contributed by atoms with Crippen molar-refractivity contribution in [2.75, 3.05) is 0 Å². The molecular formula is C15H21IrO6. The van der Waals surface area contributed by atoms with E-state index >= 15 is 0 Å². The maximum absolute atomic E-state index is 11.9. The SMILES string of the molecule is CC(=O)[CH](C(C)=O)[Ir]([CH](C(C)=O)C(C)=O)[CH](C(C)=O)C(C)=O. The molecule has 0 heterocycles. The molecule has 0 unspecified atom stereocenters. The van der Waals surface area contributed by atoms with E-state index in [2.05, 4.69) is 0 Å². The molecule has 22 heavy (non-hydrogen) atoms. The number of Topliss-reactive ketones (excluding diaryl/α,β-unsaturated/α-hetero) is 6. The number of ketones is 6. The van der Waals surface area contributed by atoms with Crippen LogP contribution in [0.4, 0.5) is 0 Å². The normalized spacial score (nSPS) is 11.6. The first-order valence-electron chi connectivity index (χ1n) is 6.53. The molecule has 126 valence electrons. The van der Waals surface area contributed by atoms with Gasteiger partial charge in [-0.3, -0.25) is 0 Å². The Hall–Kier alpha value is -1.33. The standard InChI is InChI=1S/3C5H7O2.Ir/c3*1-4(6)3-5(2)7;/h3*3H,1-2H3;. The van der Waals surface area contributed by atoms with Gasteiger partial charge in [0.2, 0.25) is 0 Å². The van der Waals surface area contributed by atoms with Crippen molar-refractivity contribution in [1.29, 1.82) is 0 Å². The molecule has 0 aromatic heterocycles. The molecule has 0 saturated carbocycles. The average molecular weight is 490 g/mol. The Labute approximate surface area is 135 Å². The van der Waals surface area contributed by atoms with Crippen molar-refractivity contribution >= 4 is 34.7 Å². The molecule has 0 amide bonds. The van der Waals surface area contributed by atoms with Crippen LogP contribution in [-0.4, -0.2) is 34.7 Å². The molecule has 0 radical (unpaired) electrons. The third-order valence-electron chi connectivity index (χ3n) is 2.70. The van der Waals surface area contributed by atoms with E-state index in [1.165, 1.54) is 41.5 Å². The summed E-state index contributed by atoms with van der Waals surface area (Å²) in [7, 11) is 0. The van der Waals surface area contributed by atoms with Crippen molar-refractivity contribution in [3.63, 3.8) is 0 Å². The number of rotatable bonds is 9. The molecule has 0 fully saturated rings. The van der Waals surface area contributed by atoms with Crippen LogP contribution in [0.2, 0.25) is 13.3 Å². The molecule has 0 saturated heterocycles. The van der Waals surface area contributed by atoms with Crippen LogP contribution < -0.4 is 0 Å². The molecule has 0 bridgehead atoms. The number of hydrogen-bond donors (Lipinski definition) is 0. The molecule has 6 nitrogen and oxygen atoms in total. The fourth-order valence-corrected chi connectivity index (χ4v) is 11.3. The van der Waals surface area contributed by atoms with Gasteiger partial charge in [0, 0.05) is 0 Å². The van der Waals surface area contributed by atoms with Crippen LogP contribution in [0.25, 0.3) is 0 Å². The summed E-state index contributed by atoms with van der Waals surface area (Å²) in [4.78, 5) is 71.4. The Morgan fingerprint density at radius 2 is 0.591 bits per heavy atom. The van der Waals surface area contributed by atoms with Crippen LogP contribution in [-0.2, 0) is 45.3 Å². The minimum absolute atomic E-state index is 0.498. The van der Waals surface area contributed by atoms with Crippen molar-refractivity contribution in [1.82, 2.24) is 0 Å². The first-order valence-corrected chi connectivity index (χ1v) is 10.7. The fraction of sp³-hybridized carbons (Fsp3) is 0.600. The number of hydrogen-bond acceptors (Lipinski definition) is 6. The van der Waals surface area contributed by atoms with Crippen LogP contribution in [0.15, 0.2) is 0 Å². The van der Waals surface area contributed by atoms with Gasteiger partial charge in [0.1, 0.15) is 0 Å². The second kappa shape index (κ2) is 8.34. The Balaban J connectivity index is 6.39. The Kier molecular flexibility index (Phi) is 7.84. The van der Waals surface area contributed by atoms with Gasteiger partial charge in [-0.05, 0) is 0 Å². The molecule has 7 heteroatoms. The van der Waals surface area contributed by atoms with E-state index in [1.807, 2.05) is 0 Å². The summed E-state index contributed by atoms with van der Waals surface area (Å²) in [6, 6.07) is 0. The topological polar surface area (TPSA) is 102 Å². The summed E-state index contributed by atoms with van der Waals surface area (Å²) >= 11 is -3.38. The summed E-state index contributed by atoms with van der Waals surface area (Å²) in [5.41, 5.74) is 0. The molecule has 0 aliphatic rings. The quantitative estimate of drug-likeness (QED) is 0.455. The predicted octanol–water partition coefficient (Wildman–Crippen LogP) is 1.50. The molecule has 0 aromatic carbocycles. The summed E-state index contributed by atoms with van der Waals surface area (Å²) in [5.74, 6) is -2.99. The molecule has 0 atom stereocenters. The third-order valence-corrected chi connectivity index (χ3v) is 13.3. The van der Waals surface area contributed by atoms with Gasteiger partial charge in [-0.1, -0.05) is 0 Å². The molecule has 0 aromatic rings. The molecule has 0 spiro atoms. The van der Waals surface area contributed by atoms with E-state index in [0.717, 1.165) is 0 Å². The number of carbonyl (C=O) groups excluding carboxylic acids is 6. The minimum atomic E-state index is -3.38. The maximum atomic E-state index is 11.9. The summed E-state index contributed by atoms with van der Waals surface area (Å²) in [6.45, 7) is 7.13. The van der Waals surface area contributed by atoms with E-state index in [4.69, 9.17) is 0 Å². The van der Waals surface area contributed by atoms with E-state index in [9.17, 15) is 28.8 Å². The van der Waals surface area contributed by atoms with Gasteiger partial charge in [0.25, 0.3) is 0 Å². The average Bonchev–Trinajstić information content (AvgIpc) is 2.24. The molecule has 0 N–H and O–H groups in total. The van der Waals surface area contributed by atoms with Crippen molar-refractivity contribution in [3.8, 4) is 0 Å². The first kappa shape index (κ1) is 20.7. The Bertz CT molecular complexity index is 418. The number of carbonyl (C=O) groups is 6. The van der Waals surface area contributed by atoms with E-state index in [-0.39, 0.29) is 0 Å². The predicted molar refractivity (Wildman–Crippen MR) is 75.3 cm³/mol. The van der Waals surface area contributed by atoms with Crippen LogP contribution in [0, 0.1) is 0 Å². The van der Waals surface area contributed by atoms with Crippen LogP contribution in [0.1, 0.15) is 41.5 Å². The Morgan fingerprint density at radius 1 is 0.455 bits per heavy atom. The molecule has 0 rings (SSSR count). The van der Waals surface area contributed by atoms with E-state index in [1.54, 1.807) is 0 Å². The van der Waals surface area contributed by atoms with Gasteiger partial charge in [-0.15, -0.1) is 0 Å². The second-order valence-corrected chi connectivity index (χ2v) is 11.6. The zero-order valence-electron chi connectivity index (χ0n) is 13.5. The molecule has 0 aliphatic carbocycles. The molecule has 0 aliphatic heterocycles. The van der Waals surface area contributed by atoms with Crippen LogP contribution in [0.5, 0.6) is 0 Å². The van der Waals surface area contributed by atoms with Gasteiger partial charge in [0.05, 0.1) is 0 Å². The summed E-state index contributed by atoms with van der Waals surface area (Å²) in [6.07, 6.45) is 0. The third kappa shape index (κ3) is 4.85. The zero-order chi connectivity index (χ0) is 17.8. The first-order chi connectivity index (χ1) is 9.93.